The molecule has 0 saturated heterocycles. The van der Waals surface area contributed by atoms with Crippen molar-refractivity contribution in [2.24, 2.45) is 0 Å². The van der Waals surface area contributed by atoms with Crippen LogP contribution in [-0.2, 0) is 11.3 Å². The summed E-state index contributed by atoms with van der Waals surface area (Å²) in [6.07, 6.45) is 0. The molecule has 110 valence electrons. The van der Waals surface area contributed by atoms with Gasteiger partial charge >= 0.3 is 5.97 Å². The summed E-state index contributed by atoms with van der Waals surface area (Å²) in [5.74, 6) is -1.15. The number of hydrogen-bond donors (Lipinski definition) is 1. The highest BCUT2D eigenvalue weighted by atomic mass is 19.1. The van der Waals surface area contributed by atoms with Crippen LogP contribution in [-0.4, -0.2) is 17.6 Å². The van der Waals surface area contributed by atoms with Gasteiger partial charge in [-0.1, -0.05) is 29.8 Å². The highest BCUT2D eigenvalue weighted by Gasteiger charge is 2.12. The molecule has 0 spiro atoms. The van der Waals surface area contributed by atoms with Crippen molar-refractivity contribution in [1.82, 2.24) is 0 Å². The second-order valence-electron chi connectivity index (χ2n) is 5.17. The van der Waals surface area contributed by atoms with E-state index in [9.17, 15) is 9.18 Å². The summed E-state index contributed by atoms with van der Waals surface area (Å²) < 4.78 is 13.3. The normalized spacial score (nSPS) is 10.4. The lowest BCUT2D eigenvalue weighted by Crippen LogP contribution is -2.29. The van der Waals surface area contributed by atoms with Crippen LogP contribution in [0.3, 0.4) is 0 Å². The quantitative estimate of drug-likeness (QED) is 0.914. The average molecular weight is 287 g/mol. The summed E-state index contributed by atoms with van der Waals surface area (Å²) in [7, 11) is 0. The van der Waals surface area contributed by atoms with Gasteiger partial charge in [0.1, 0.15) is 12.4 Å². The Morgan fingerprint density at radius 1 is 1.14 bits per heavy atom. The Bertz CT molecular complexity index is 638. The van der Waals surface area contributed by atoms with Gasteiger partial charge in [-0.2, -0.15) is 0 Å². The number of anilines is 1. The predicted molar refractivity (Wildman–Crippen MR) is 81.0 cm³/mol. The van der Waals surface area contributed by atoms with Crippen LogP contribution in [0.15, 0.2) is 42.5 Å². The lowest BCUT2D eigenvalue weighted by atomic mass is 10.1. The second-order valence-corrected chi connectivity index (χ2v) is 5.17. The van der Waals surface area contributed by atoms with Crippen LogP contribution in [0.2, 0.25) is 0 Å². The molecule has 2 aromatic rings. The fraction of sp³-hybridized carbons (Fsp3) is 0.235. The van der Waals surface area contributed by atoms with Crippen molar-refractivity contribution in [1.29, 1.82) is 0 Å². The number of halogens is 1. The van der Waals surface area contributed by atoms with Crippen LogP contribution < -0.4 is 4.90 Å². The monoisotopic (exact) mass is 287 g/mol. The van der Waals surface area contributed by atoms with E-state index in [1.54, 1.807) is 24.0 Å². The standard InChI is InChI=1S/C17H18FNO2/c1-12-3-6-15(7-4-12)19(11-17(20)21)10-14-5-8-16(18)13(2)9-14/h3-9H,10-11H2,1-2H3,(H,20,21). The van der Waals surface area contributed by atoms with Gasteiger partial charge in [0.2, 0.25) is 0 Å². The van der Waals surface area contributed by atoms with Crippen molar-refractivity contribution >= 4 is 11.7 Å². The summed E-state index contributed by atoms with van der Waals surface area (Å²) in [5, 5.41) is 9.07. The maximum absolute atomic E-state index is 13.3. The molecule has 0 heterocycles. The number of carbonyl (C=O) groups is 1. The first-order valence-corrected chi connectivity index (χ1v) is 6.74. The molecule has 21 heavy (non-hydrogen) atoms. The Hall–Kier alpha value is -2.36. The molecule has 0 fully saturated rings. The van der Waals surface area contributed by atoms with Crippen LogP contribution >= 0.6 is 0 Å². The number of rotatable bonds is 5. The van der Waals surface area contributed by atoms with E-state index < -0.39 is 5.97 Å². The van der Waals surface area contributed by atoms with Crippen LogP contribution in [0.1, 0.15) is 16.7 Å². The first-order valence-electron chi connectivity index (χ1n) is 6.74. The summed E-state index contributed by atoms with van der Waals surface area (Å²) in [4.78, 5) is 12.8. The molecule has 1 N–H and O–H groups in total. The average Bonchev–Trinajstić information content (AvgIpc) is 2.42. The Kier molecular flexibility index (Phi) is 4.58. The number of aliphatic carboxylic acids is 1. The summed E-state index contributed by atoms with van der Waals surface area (Å²) in [5.41, 5.74) is 3.40. The minimum atomic E-state index is -0.894. The van der Waals surface area contributed by atoms with E-state index in [2.05, 4.69) is 0 Å². The van der Waals surface area contributed by atoms with Gasteiger partial charge in [-0.15, -0.1) is 0 Å². The fourth-order valence-electron chi connectivity index (χ4n) is 2.18. The minimum absolute atomic E-state index is 0.0977. The van der Waals surface area contributed by atoms with Gasteiger partial charge < -0.3 is 10.0 Å². The topological polar surface area (TPSA) is 40.5 Å². The molecular weight excluding hydrogens is 269 g/mol. The number of hydrogen-bond acceptors (Lipinski definition) is 2. The van der Waals surface area contributed by atoms with E-state index >= 15 is 0 Å². The molecule has 2 rings (SSSR count). The number of nitrogens with zero attached hydrogens (tertiary/aromatic N) is 1. The fourth-order valence-corrected chi connectivity index (χ4v) is 2.18. The molecule has 0 aliphatic rings. The SMILES string of the molecule is Cc1ccc(N(CC(=O)O)Cc2ccc(F)c(C)c2)cc1. The predicted octanol–water partition coefficient (Wildman–Crippen LogP) is 3.53. The first kappa shape index (κ1) is 15.0. The van der Waals surface area contributed by atoms with Crippen LogP contribution in [0.4, 0.5) is 10.1 Å². The Balaban J connectivity index is 2.25. The molecule has 0 aromatic heterocycles. The number of aryl methyl sites for hydroxylation is 2. The molecule has 0 amide bonds. The molecule has 0 aliphatic heterocycles. The van der Waals surface area contributed by atoms with E-state index in [1.807, 2.05) is 31.2 Å². The van der Waals surface area contributed by atoms with Crippen LogP contribution in [0.25, 0.3) is 0 Å². The van der Waals surface area contributed by atoms with E-state index in [0.29, 0.717) is 12.1 Å². The molecular formula is C17H18FNO2. The highest BCUT2D eigenvalue weighted by molar-refractivity contribution is 5.73. The van der Waals surface area contributed by atoms with Crippen molar-refractivity contribution in [3.8, 4) is 0 Å². The first-order chi connectivity index (χ1) is 9.95. The van der Waals surface area contributed by atoms with E-state index in [4.69, 9.17) is 5.11 Å². The molecule has 0 unspecified atom stereocenters. The van der Waals surface area contributed by atoms with Gasteiger partial charge in [0.25, 0.3) is 0 Å². The Labute approximate surface area is 123 Å². The molecule has 0 radical (unpaired) electrons. The minimum Gasteiger partial charge on any atom is -0.480 e. The molecule has 2 aromatic carbocycles. The number of carboxylic acid groups (broad SMARTS) is 1. The zero-order valence-corrected chi connectivity index (χ0v) is 12.1. The van der Waals surface area contributed by atoms with Gasteiger partial charge in [0, 0.05) is 12.2 Å². The van der Waals surface area contributed by atoms with Gasteiger partial charge in [0.15, 0.2) is 0 Å². The largest absolute Gasteiger partial charge is 0.480 e. The van der Waals surface area contributed by atoms with E-state index in [0.717, 1.165) is 16.8 Å². The third-order valence-corrected chi connectivity index (χ3v) is 3.32. The molecule has 0 saturated carbocycles. The molecule has 0 atom stereocenters. The van der Waals surface area contributed by atoms with Gasteiger partial charge in [-0.05, 0) is 43.2 Å². The van der Waals surface area contributed by atoms with Crippen molar-refractivity contribution < 1.29 is 14.3 Å². The second kappa shape index (κ2) is 6.39. The lowest BCUT2D eigenvalue weighted by Gasteiger charge is -2.23. The zero-order valence-electron chi connectivity index (χ0n) is 12.1. The number of carboxylic acids is 1. The third kappa shape index (κ3) is 4.05. The van der Waals surface area contributed by atoms with E-state index in [-0.39, 0.29) is 12.4 Å². The maximum atomic E-state index is 13.3. The van der Waals surface area contributed by atoms with Crippen LogP contribution in [0.5, 0.6) is 0 Å². The number of benzene rings is 2. The van der Waals surface area contributed by atoms with E-state index in [1.165, 1.54) is 6.07 Å². The van der Waals surface area contributed by atoms with Gasteiger partial charge in [0.05, 0.1) is 0 Å². The maximum Gasteiger partial charge on any atom is 0.323 e. The summed E-state index contributed by atoms with van der Waals surface area (Å²) in [6.45, 7) is 4.01. The zero-order chi connectivity index (χ0) is 15.4. The summed E-state index contributed by atoms with van der Waals surface area (Å²) >= 11 is 0. The Morgan fingerprint density at radius 3 is 2.38 bits per heavy atom. The Morgan fingerprint density at radius 2 is 1.81 bits per heavy atom. The van der Waals surface area contributed by atoms with Crippen molar-refractivity contribution in [3.05, 3.63) is 65.0 Å². The van der Waals surface area contributed by atoms with Crippen molar-refractivity contribution in [2.45, 2.75) is 20.4 Å². The van der Waals surface area contributed by atoms with Gasteiger partial charge in [-0.3, -0.25) is 4.79 Å². The highest BCUT2D eigenvalue weighted by Crippen LogP contribution is 2.19. The molecule has 0 aliphatic carbocycles. The molecule has 4 heteroatoms. The third-order valence-electron chi connectivity index (χ3n) is 3.32. The van der Waals surface area contributed by atoms with Gasteiger partial charge in [-0.25, -0.2) is 4.39 Å². The smallest absolute Gasteiger partial charge is 0.323 e. The van der Waals surface area contributed by atoms with Crippen molar-refractivity contribution in [2.75, 3.05) is 11.4 Å². The van der Waals surface area contributed by atoms with Crippen LogP contribution in [0, 0.1) is 19.7 Å². The molecule has 3 nitrogen and oxygen atoms in total. The lowest BCUT2D eigenvalue weighted by molar-refractivity contribution is -0.135. The summed E-state index contributed by atoms with van der Waals surface area (Å²) in [6, 6.07) is 12.5. The molecule has 0 bridgehead atoms. The van der Waals surface area contributed by atoms with Crippen molar-refractivity contribution in [3.63, 3.8) is 0 Å².